The van der Waals surface area contributed by atoms with Crippen molar-refractivity contribution in [3.8, 4) is 10.6 Å². The van der Waals surface area contributed by atoms with Gasteiger partial charge in [-0.2, -0.15) is 11.3 Å². The largest absolute Gasteiger partial charge is 0.469 e. The molecule has 1 unspecified atom stereocenters. The highest BCUT2D eigenvalue weighted by molar-refractivity contribution is 7.14. The van der Waals surface area contributed by atoms with Crippen LogP contribution in [0.15, 0.2) is 39.0 Å². The quantitative estimate of drug-likeness (QED) is 0.762. The normalized spacial score (nSPS) is 17.8. The van der Waals surface area contributed by atoms with Crippen LogP contribution >= 0.6 is 22.7 Å². The number of hydrogen-bond donors (Lipinski definition) is 1. The molecule has 108 valence electrons. The maximum absolute atomic E-state index is 5.54. The van der Waals surface area contributed by atoms with E-state index in [4.69, 9.17) is 9.40 Å². The lowest BCUT2D eigenvalue weighted by Gasteiger charge is -2.22. The van der Waals surface area contributed by atoms with Crippen LogP contribution in [-0.4, -0.2) is 4.98 Å². The third kappa shape index (κ3) is 2.69. The van der Waals surface area contributed by atoms with E-state index in [2.05, 4.69) is 33.6 Å². The Bertz CT molecular complexity index is 714. The molecule has 3 aromatic rings. The monoisotopic (exact) mass is 316 g/mol. The van der Waals surface area contributed by atoms with Gasteiger partial charge in [-0.3, -0.25) is 0 Å². The van der Waals surface area contributed by atoms with Gasteiger partial charge >= 0.3 is 0 Å². The molecule has 0 radical (unpaired) electrons. The molecule has 1 N–H and O–H groups in total. The summed E-state index contributed by atoms with van der Waals surface area (Å²) in [7, 11) is 0. The van der Waals surface area contributed by atoms with Crippen LogP contribution in [0.4, 0.5) is 0 Å². The minimum absolute atomic E-state index is 0.402. The Kier molecular flexibility index (Phi) is 3.63. The summed E-state index contributed by atoms with van der Waals surface area (Å²) in [4.78, 5) is 4.72. The van der Waals surface area contributed by atoms with E-state index in [0.717, 1.165) is 29.4 Å². The van der Waals surface area contributed by atoms with Gasteiger partial charge in [-0.15, -0.1) is 11.3 Å². The van der Waals surface area contributed by atoms with E-state index in [-0.39, 0.29) is 0 Å². The van der Waals surface area contributed by atoms with Gasteiger partial charge in [0.15, 0.2) is 0 Å². The number of aryl methyl sites for hydroxylation is 1. The zero-order chi connectivity index (χ0) is 14.1. The Morgan fingerprint density at radius 2 is 2.33 bits per heavy atom. The Labute approximate surface area is 131 Å². The Balaban J connectivity index is 1.44. The van der Waals surface area contributed by atoms with Crippen LogP contribution in [0.3, 0.4) is 0 Å². The zero-order valence-electron chi connectivity index (χ0n) is 11.5. The summed E-state index contributed by atoms with van der Waals surface area (Å²) in [5.74, 6) is 1.15. The first-order valence-corrected chi connectivity index (χ1v) is 8.99. The number of fused-ring (bicyclic) bond motifs is 1. The summed E-state index contributed by atoms with van der Waals surface area (Å²) in [5.41, 5.74) is 3.68. The van der Waals surface area contributed by atoms with E-state index in [9.17, 15) is 0 Å². The molecule has 1 aliphatic rings. The molecule has 1 atom stereocenters. The second-order valence-electron chi connectivity index (χ2n) is 5.28. The highest BCUT2D eigenvalue weighted by atomic mass is 32.1. The molecule has 3 aromatic heterocycles. The number of thiophene rings is 1. The number of nitrogens with zero attached hydrogens (tertiary/aromatic N) is 1. The molecule has 0 saturated carbocycles. The maximum atomic E-state index is 5.54. The minimum Gasteiger partial charge on any atom is -0.469 e. The van der Waals surface area contributed by atoms with Gasteiger partial charge in [-0.1, -0.05) is 0 Å². The van der Waals surface area contributed by atoms with E-state index in [0.29, 0.717) is 6.04 Å². The Morgan fingerprint density at radius 3 is 3.24 bits per heavy atom. The lowest BCUT2D eigenvalue weighted by molar-refractivity contribution is 0.410. The third-order valence-electron chi connectivity index (χ3n) is 3.90. The fraction of sp³-hybridized carbons (Fsp3) is 0.312. The lowest BCUT2D eigenvalue weighted by atomic mass is 9.93. The van der Waals surface area contributed by atoms with E-state index in [1.807, 2.05) is 6.26 Å². The molecule has 0 bridgehead atoms. The summed E-state index contributed by atoms with van der Waals surface area (Å²) in [6, 6.07) is 4.63. The molecule has 3 heterocycles. The van der Waals surface area contributed by atoms with Crippen molar-refractivity contribution >= 4 is 22.7 Å². The summed E-state index contributed by atoms with van der Waals surface area (Å²) < 4.78 is 5.54. The van der Waals surface area contributed by atoms with Crippen LogP contribution in [0.25, 0.3) is 10.6 Å². The first-order chi connectivity index (χ1) is 10.4. The van der Waals surface area contributed by atoms with Crippen LogP contribution in [0, 0.1) is 0 Å². The van der Waals surface area contributed by atoms with Gasteiger partial charge in [0.25, 0.3) is 0 Å². The molecule has 0 aromatic carbocycles. The first-order valence-electron chi connectivity index (χ1n) is 7.17. The molecule has 5 heteroatoms. The number of furan rings is 1. The van der Waals surface area contributed by atoms with Crippen LogP contribution in [0.1, 0.15) is 35.9 Å². The van der Waals surface area contributed by atoms with Gasteiger partial charge in [-0.25, -0.2) is 4.98 Å². The third-order valence-corrected chi connectivity index (χ3v) is 5.52. The fourth-order valence-electron chi connectivity index (χ4n) is 2.83. The van der Waals surface area contributed by atoms with Gasteiger partial charge < -0.3 is 9.73 Å². The molecular weight excluding hydrogens is 300 g/mol. The van der Waals surface area contributed by atoms with E-state index in [1.165, 1.54) is 24.0 Å². The predicted octanol–water partition coefficient (Wildman–Crippen LogP) is 4.63. The maximum Gasteiger partial charge on any atom is 0.124 e. The van der Waals surface area contributed by atoms with Crippen molar-refractivity contribution in [2.45, 2.75) is 31.8 Å². The van der Waals surface area contributed by atoms with Gasteiger partial charge in [0.05, 0.1) is 12.0 Å². The van der Waals surface area contributed by atoms with Gasteiger partial charge in [0.1, 0.15) is 10.8 Å². The average molecular weight is 316 g/mol. The molecule has 1 aliphatic carbocycles. The van der Waals surface area contributed by atoms with Crippen molar-refractivity contribution in [2.75, 3.05) is 0 Å². The molecule has 0 spiro atoms. The number of aromatic nitrogens is 1. The number of rotatable bonds is 4. The SMILES string of the molecule is c1cc2c(o1)CCCC2NCc1csc(-c2ccsc2)n1. The Hall–Kier alpha value is -1.43. The minimum atomic E-state index is 0.402. The summed E-state index contributed by atoms with van der Waals surface area (Å²) in [6.07, 6.45) is 5.24. The fourth-order valence-corrected chi connectivity index (χ4v) is 4.37. The van der Waals surface area contributed by atoms with Crippen molar-refractivity contribution < 1.29 is 4.42 Å². The molecule has 0 saturated heterocycles. The van der Waals surface area contributed by atoms with Crippen LogP contribution in [-0.2, 0) is 13.0 Å². The topological polar surface area (TPSA) is 38.1 Å². The van der Waals surface area contributed by atoms with E-state index in [1.54, 1.807) is 22.7 Å². The number of thiazole rings is 1. The van der Waals surface area contributed by atoms with E-state index >= 15 is 0 Å². The van der Waals surface area contributed by atoms with Crippen molar-refractivity contribution in [3.05, 3.63) is 51.6 Å². The first kappa shape index (κ1) is 13.2. The number of nitrogens with one attached hydrogen (secondary N) is 1. The highest BCUT2D eigenvalue weighted by Gasteiger charge is 2.22. The second-order valence-corrected chi connectivity index (χ2v) is 6.92. The average Bonchev–Trinajstić information content (AvgIpc) is 3.23. The standard InChI is InChI=1S/C16H16N2OS2/c1-2-14(13-4-6-19-15(13)3-1)17-8-12-10-21-16(18-12)11-5-7-20-9-11/h4-7,9-10,14,17H,1-3,8H2. The summed E-state index contributed by atoms with van der Waals surface area (Å²) >= 11 is 3.43. The molecule has 3 nitrogen and oxygen atoms in total. The highest BCUT2D eigenvalue weighted by Crippen LogP contribution is 2.31. The molecule has 0 amide bonds. The summed E-state index contributed by atoms with van der Waals surface area (Å²) in [6.45, 7) is 0.815. The van der Waals surface area contributed by atoms with Crippen molar-refractivity contribution in [3.63, 3.8) is 0 Å². The Morgan fingerprint density at radius 1 is 1.33 bits per heavy atom. The second kappa shape index (κ2) is 5.75. The zero-order valence-corrected chi connectivity index (χ0v) is 13.2. The van der Waals surface area contributed by atoms with Gasteiger partial charge in [0, 0.05) is 40.9 Å². The lowest BCUT2D eigenvalue weighted by Crippen LogP contribution is -2.24. The van der Waals surface area contributed by atoms with E-state index < -0.39 is 0 Å². The molecule has 4 rings (SSSR count). The molecular formula is C16H16N2OS2. The van der Waals surface area contributed by atoms with Crippen molar-refractivity contribution in [1.82, 2.24) is 10.3 Å². The summed E-state index contributed by atoms with van der Waals surface area (Å²) in [5, 5.41) is 11.1. The van der Waals surface area contributed by atoms with Gasteiger partial charge in [0.2, 0.25) is 0 Å². The van der Waals surface area contributed by atoms with Crippen molar-refractivity contribution in [2.24, 2.45) is 0 Å². The molecule has 0 aliphatic heterocycles. The van der Waals surface area contributed by atoms with Gasteiger partial charge in [-0.05, 0) is 30.4 Å². The van der Waals surface area contributed by atoms with Crippen molar-refractivity contribution in [1.29, 1.82) is 0 Å². The molecule has 21 heavy (non-hydrogen) atoms. The predicted molar refractivity (Wildman–Crippen MR) is 86.7 cm³/mol. The molecule has 0 fully saturated rings. The van der Waals surface area contributed by atoms with Crippen LogP contribution in [0.2, 0.25) is 0 Å². The number of hydrogen-bond acceptors (Lipinski definition) is 5. The van der Waals surface area contributed by atoms with Crippen LogP contribution < -0.4 is 5.32 Å². The van der Waals surface area contributed by atoms with Crippen LogP contribution in [0.5, 0.6) is 0 Å². The smallest absolute Gasteiger partial charge is 0.124 e.